The largest absolute Gasteiger partial charge is 0.441 e. The Labute approximate surface area is 76.8 Å². The Morgan fingerprint density at radius 2 is 2.08 bits per heavy atom. The van der Waals surface area contributed by atoms with Gasteiger partial charge >= 0.3 is 0 Å². The number of hydrogen-bond acceptors (Lipinski definition) is 3. The van der Waals surface area contributed by atoms with Crippen molar-refractivity contribution in [2.24, 2.45) is 0 Å². The van der Waals surface area contributed by atoms with E-state index in [-0.39, 0.29) is 5.41 Å². The lowest BCUT2D eigenvalue weighted by atomic mass is 9.93. The van der Waals surface area contributed by atoms with Crippen molar-refractivity contribution in [2.45, 2.75) is 26.2 Å². The molecule has 0 aliphatic carbocycles. The molecule has 0 aromatic carbocycles. The summed E-state index contributed by atoms with van der Waals surface area (Å²) in [4.78, 5) is 0. The van der Waals surface area contributed by atoms with Crippen LogP contribution in [0.2, 0.25) is 0 Å². The van der Waals surface area contributed by atoms with E-state index in [9.17, 15) is 0 Å². The molecule has 13 heavy (non-hydrogen) atoms. The monoisotopic (exact) mass is 176 g/mol. The number of fused-ring (bicyclic) bond motifs is 1. The first-order valence-corrected chi connectivity index (χ1v) is 4.29. The van der Waals surface area contributed by atoms with Crippen LogP contribution in [0.25, 0.3) is 11.1 Å². The van der Waals surface area contributed by atoms with E-state index in [1.54, 1.807) is 6.20 Å². The van der Waals surface area contributed by atoms with Crippen molar-refractivity contribution in [3.8, 4) is 0 Å². The average molecular weight is 176 g/mol. The highest BCUT2D eigenvalue weighted by atomic mass is 16.3. The molecule has 2 aromatic rings. The molecule has 3 heteroatoms. The Morgan fingerprint density at radius 1 is 1.31 bits per heavy atom. The zero-order valence-electron chi connectivity index (χ0n) is 8.03. The van der Waals surface area contributed by atoms with Gasteiger partial charge in [-0.05, 0) is 12.1 Å². The summed E-state index contributed by atoms with van der Waals surface area (Å²) in [5.41, 5.74) is 0.646. The van der Waals surface area contributed by atoms with Crippen molar-refractivity contribution < 1.29 is 4.42 Å². The predicted molar refractivity (Wildman–Crippen MR) is 50.5 cm³/mol. The van der Waals surface area contributed by atoms with Gasteiger partial charge in [-0.3, -0.25) is 0 Å². The molecule has 2 heterocycles. The molecule has 0 unspecified atom stereocenters. The molecule has 0 aliphatic heterocycles. The first-order chi connectivity index (χ1) is 6.07. The maximum absolute atomic E-state index is 5.56. The molecule has 0 atom stereocenters. The quantitative estimate of drug-likeness (QED) is 0.619. The van der Waals surface area contributed by atoms with Crippen LogP contribution in [0.4, 0.5) is 0 Å². The van der Waals surface area contributed by atoms with Crippen molar-refractivity contribution in [2.75, 3.05) is 0 Å². The SMILES string of the molecule is CC(C)(C)c1cc2ccnnc2o1. The number of rotatable bonds is 0. The van der Waals surface area contributed by atoms with Gasteiger partial charge < -0.3 is 4.42 Å². The standard InChI is InChI=1S/C10H12N2O/c1-10(2,3)8-6-7-4-5-11-12-9(7)13-8/h4-6H,1-3H3. The van der Waals surface area contributed by atoms with Crippen LogP contribution in [0, 0.1) is 0 Å². The van der Waals surface area contributed by atoms with Gasteiger partial charge in [0.15, 0.2) is 0 Å². The van der Waals surface area contributed by atoms with Gasteiger partial charge in [0, 0.05) is 10.8 Å². The Balaban J connectivity index is 2.63. The highest BCUT2D eigenvalue weighted by Crippen LogP contribution is 2.27. The van der Waals surface area contributed by atoms with E-state index >= 15 is 0 Å². The van der Waals surface area contributed by atoms with Gasteiger partial charge in [0.1, 0.15) is 5.76 Å². The van der Waals surface area contributed by atoms with Gasteiger partial charge in [0.05, 0.1) is 6.20 Å². The van der Waals surface area contributed by atoms with Gasteiger partial charge in [-0.1, -0.05) is 20.8 Å². The van der Waals surface area contributed by atoms with Crippen LogP contribution in [-0.2, 0) is 5.41 Å². The number of furan rings is 1. The summed E-state index contributed by atoms with van der Waals surface area (Å²) in [6.07, 6.45) is 1.67. The smallest absolute Gasteiger partial charge is 0.246 e. The molecule has 2 aromatic heterocycles. The second-order valence-electron chi connectivity index (χ2n) is 4.15. The minimum absolute atomic E-state index is 0.0285. The fourth-order valence-electron chi connectivity index (χ4n) is 1.16. The summed E-state index contributed by atoms with van der Waals surface area (Å²) in [6.45, 7) is 6.33. The molecule has 0 radical (unpaired) electrons. The molecule has 0 saturated carbocycles. The first-order valence-electron chi connectivity index (χ1n) is 4.29. The van der Waals surface area contributed by atoms with E-state index in [4.69, 9.17) is 4.42 Å². The highest BCUT2D eigenvalue weighted by Gasteiger charge is 2.18. The lowest BCUT2D eigenvalue weighted by Crippen LogP contribution is -2.08. The Bertz CT molecular complexity index is 393. The minimum atomic E-state index is 0.0285. The molecule has 0 saturated heterocycles. The maximum atomic E-state index is 5.56. The van der Waals surface area contributed by atoms with Crippen molar-refractivity contribution in [3.63, 3.8) is 0 Å². The third kappa shape index (κ3) is 1.41. The topological polar surface area (TPSA) is 38.9 Å². The van der Waals surface area contributed by atoms with E-state index in [0.29, 0.717) is 5.71 Å². The van der Waals surface area contributed by atoms with Crippen LogP contribution in [0.15, 0.2) is 22.7 Å². The molecular formula is C10H12N2O. The van der Waals surface area contributed by atoms with E-state index in [0.717, 1.165) is 11.1 Å². The summed E-state index contributed by atoms with van der Waals surface area (Å²) < 4.78 is 5.56. The van der Waals surface area contributed by atoms with Crippen LogP contribution in [0.5, 0.6) is 0 Å². The lowest BCUT2D eigenvalue weighted by Gasteiger charge is -2.13. The Hall–Kier alpha value is -1.38. The first kappa shape index (κ1) is 8.23. The van der Waals surface area contributed by atoms with Gasteiger partial charge in [0.2, 0.25) is 5.71 Å². The summed E-state index contributed by atoms with van der Waals surface area (Å²) in [5, 5.41) is 8.68. The molecule has 2 rings (SSSR count). The zero-order chi connectivity index (χ0) is 9.47. The molecule has 0 aliphatic rings. The normalized spacial score (nSPS) is 12.2. The summed E-state index contributed by atoms with van der Waals surface area (Å²) in [6, 6.07) is 3.92. The summed E-state index contributed by atoms with van der Waals surface area (Å²) in [7, 11) is 0. The van der Waals surface area contributed by atoms with E-state index in [1.165, 1.54) is 0 Å². The van der Waals surface area contributed by atoms with Gasteiger partial charge in [-0.25, -0.2) is 0 Å². The van der Waals surface area contributed by atoms with Crippen LogP contribution >= 0.6 is 0 Å². The molecule has 0 fully saturated rings. The van der Waals surface area contributed by atoms with Crippen LogP contribution < -0.4 is 0 Å². The molecule has 0 N–H and O–H groups in total. The van der Waals surface area contributed by atoms with Gasteiger partial charge in [-0.15, -0.1) is 5.10 Å². The number of aromatic nitrogens is 2. The fraction of sp³-hybridized carbons (Fsp3) is 0.400. The van der Waals surface area contributed by atoms with Crippen molar-refractivity contribution in [1.82, 2.24) is 10.2 Å². The second kappa shape index (κ2) is 2.55. The van der Waals surface area contributed by atoms with Gasteiger partial charge in [0.25, 0.3) is 0 Å². The van der Waals surface area contributed by atoms with E-state index in [2.05, 4.69) is 31.0 Å². The maximum Gasteiger partial charge on any atom is 0.246 e. The van der Waals surface area contributed by atoms with Crippen molar-refractivity contribution >= 4 is 11.1 Å². The summed E-state index contributed by atoms with van der Waals surface area (Å²) in [5.74, 6) is 0.947. The highest BCUT2D eigenvalue weighted by molar-refractivity contribution is 5.73. The van der Waals surface area contributed by atoms with Crippen molar-refractivity contribution in [3.05, 3.63) is 24.1 Å². The Morgan fingerprint density at radius 3 is 2.69 bits per heavy atom. The molecule has 0 spiro atoms. The predicted octanol–water partition coefficient (Wildman–Crippen LogP) is 2.52. The molecule has 0 bridgehead atoms. The van der Waals surface area contributed by atoms with Crippen LogP contribution in [0.3, 0.4) is 0 Å². The van der Waals surface area contributed by atoms with Gasteiger partial charge in [-0.2, -0.15) is 5.10 Å². The molecular weight excluding hydrogens is 164 g/mol. The number of nitrogens with zero attached hydrogens (tertiary/aromatic N) is 2. The third-order valence-electron chi connectivity index (χ3n) is 1.95. The summed E-state index contributed by atoms with van der Waals surface area (Å²) >= 11 is 0. The number of hydrogen-bond donors (Lipinski definition) is 0. The van der Waals surface area contributed by atoms with Crippen molar-refractivity contribution in [1.29, 1.82) is 0 Å². The van der Waals surface area contributed by atoms with E-state index < -0.39 is 0 Å². The molecule has 0 amide bonds. The minimum Gasteiger partial charge on any atom is -0.441 e. The van der Waals surface area contributed by atoms with Crippen LogP contribution in [-0.4, -0.2) is 10.2 Å². The molecule has 68 valence electrons. The average Bonchev–Trinajstić information content (AvgIpc) is 2.45. The second-order valence-corrected chi connectivity index (χ2v) is 4.15. The zero-order valence-corrected chi connectivity index (χ0v) is 8.03. The fourth-order valence-corrected chi connectivity index (χ4v) is 1.16. The van der Waals surface area contributed by atoms with E-state index in [1.807, 2.05) is 12.1 Å². The Kier molecular flexibility index (Phi) is 1.62. The van der Waals surface area contributed by atoms with Crippen LogP contribution in [0.1, 0.15) is 26.5 Å². The molecule has 3 nitrogen and oxygen atoms in total. The lowest BCUT2D eigenvalue weighted by molar-refractivity contribution is 0.424. The third-order valence-corrected chi connectivity index (χ3v) is 1.95.